The normalized spacial score (nSPS) is 12.7. The van der Waals surface area contributed by atoms with Gasteiger partial charge < -0.3 is 10.3 Å². The van der Waals surface area contributed by atoms with Crippen LogP contribution in [0.5, 0.6) is 0 Å². The number of nitrogen functional groups attached to an aromatic ring is 1. The molecule has 0 saturated heterocycles. The van der Waals surface area contributed by atoms with E-state index in [1.165, 1.54) is 19.1 Å². The number of hydrogen-bond acceptors (Lipinski definition) is 3. The highest BCUT2D eigenvalue weighted by atomic mass is 19.2. The van der Waals surface area contributed by atoms with Gasteiger partial charge in [0.05, 0.1) is 5.56 Å². The SMILES string of the molecule is CC(F)c1cc(F)c(F)c(-c2cc(N)no2)c1. The number of halogens is 3. The number of anilines is 1. The van der Waals surface area contributed by atoms with E-state index in [2.05, 4.69) is 5.16 Å². The van der Waals surface area contributed by atoms with Crippen LogP contribution in [0.4, 0.5) is 19.0 Å². The van der Waals surface area contributed by atoms with Crippen molar-refractivity contribution in [3.8, 4) is 11.3 Å². The quantitative estimate of drug-likeness (QED) is 0.879. The molecule has 0 amide bonds. The van der Waals surface area contributed by atoms with Crippen LogP contribution in [0.2, 0.25) is 0 Å². The van der Waals surface area contributed by atoms with Crippen LogP contribution in [-0.2, 0) is 0 Å². The van der Waals surface area contributed by atoms with E-state index in [0.717, 1.165) is 6.07 Å². The van der Waals surface area contributed by atoms with Crippen LogP contribution in [0.3, 0.4) is 0 Å². The summed E-state index contributed by atoms with van der Waals surface area (Å²) in [5.74, 6) is -2.26. The Hall–Kier alpha value is -1.98. The minimum Gasteiger partial charge on any atom is -0.381 e. The van der Waals surface area contributed by atoms with Crippen molar-refractivity contribution in [2.45, 2.75) is 13.1 Å². The van der Waals surface area contributed by atoms with Gasteiger partial charge in [0.2, 0.25) is 0 Å². The lowest BCUT2D eigenvalue weighted by Crippen LogP contribution is -1.94. The molecule has 1 aromatic carbocycles. The average Bonchev–Trinajstić information content (AvgIpc) is 2.68. The molecule has 0 aliphatic rings. The molecule has 1 aromatic heterocycles. The molecule has 0 bridgehead atoms. The summed E-state index contributed by atoms with van der Waals surface area (Å²) < 4.78 is 44.6. The van der Waals surface area contributed by atoms with E-state index < -0.39 is 17.8 Å². The van der Waals surface area contributed by atoms with Gasteiger partial charge in [-0.15, -0.1) is 0 Å². The average molecular weight is 242 g/mol. The predicted octanol–water partition coefficient (Wildman–Crippen LogP) is 3.23. The van der Waals surface area contributed by atoms with E-state index in [4.69, 9.17) is 10.3 Å². The summed E-state index contributed by atoms with van der Waals surface area (Å²) >= 11 is 0. The fourth-order valence-electron chi connectivity index (χ4n) is 1.43. The van der Waals surface area contributed by atoms with Gasteiger partial charge in [0, 0.05) is 6.07 Å². The molecule has 0 radical (unpaired) electrons. The molecule has 2 aromatic rings. The Balaban J connectivity index is 2.60. The molecule has 0 spiro atoms. The number of alkyl halides is 1. The molecular formula is C11H9F3N2O. The second-order valence-electron chi connectivity index (χ2n) is 3.60. The predicted molar refractivity (Wildman–Crippen MR) is 55.8 cm³/mol. The van der Waals surface area contributed by atoms with Crippen molar-refractivity contribution < 1.29 is 17.7 Å². The van der Waals surface area contributed by atoms with Crippen LogP contribution in [0.15, 0.2) is 22.7 Å². The Morgan fingerprint density at radius 1 is 1.29 bits per heavy atom. The number of hydrogen-bond donors (Lipinski definition) is 1. The van der Waals surface area contributed by atoms with Gasteiger partial charge >= 0.3 is 0 Å². The monoisotopic (exact) mass is 242 g/mol. The zero-order valence-electron chi connectivity index (χ0n) is 8.88. The molecule has 90 valence electrons. The molecule has 1 atom stereocenters. The van der Waals surface area contributed by atoms with Crippen molar-refractivity contribution in [1.29, 1.82) is 0 Å². The summed E-state index contributed by atoms with van der Waals surface area (Å²) in [4.78, 5) is 0. The van der Waals surface area contributed by atoms with Gasteiger partial charge in [-0.2, -0.15) is 0 Å². The first-order chi connectivity index (χ1) is 7.99. The number of nitrogens with zero attached hydrogens (tertiary/aromatic N) is 1. The van der Waals surface area contributed by atoms with Crippen molar-refractivity contribution in [1.82, 2.24) is 5.16 Å². The number of benzene rings is 1. The molecule has 1 unspecified atom stereocenters. The highest BCUT2D eigenvalue weighted by Crippen LogP contribution is 2.30. The third kappa shape index (κ3) is 2.11. The Labute approximate surface area is 95.0 Å². The Kier molecular flexibility index (Phi) is 2.79. The molecule has 17 heavy (non-hydrogen) atoms. The van der Waals surface area contributed by atoms with Gasteiger partial charge in [-0.05, 0) is 24.6 Å². The van der Waals surface area contributed by atoms with E-state index in [1.807, 2.05) is 0 Å². The fraction of sp³-hybridized carbons (Fsp3) is 0.182. The Morgan fingerprint density at radius 3 is 2.53 bits per heavy atom. The van der Waals surface area contributed by atoms with E-state index in [-0.39, 0.29) is 22.7 Å². The minimum atomic E-state index is -1.41. The number of rotatable bonds is 2. The van der Waals surface area contributed by atoms with Gasteiger partial charge in [0.25, 0.3) is 0 Å². The summed E-state index contributed by atoms with van der Waals surface area (Å²) in [6.07, 6.45) is -1.41. The molecular weight excluding hydrogens is 233 g/mol. The van der Waals surface area contributed by atoms with Crippen LogP contribution < -0.4 is 5.73 Å². The summed E-state index contributed by atoms with van der Waals surface area (Å²) in [6, 6.07) is 3.22. The van der Waals surface area contributed by atoms with Gasteiger partial charge in [-0.1, -0.05) is 5.16 Å². The third-order valence-corrected chi connectivity index (χ3v) is 2.30. The van der Waals surface area contributed by atoms with Crippen LogP contribution in [-0.4, -0.2) is 5.16 Å². The standard InChI is InChI=1S/C11H9F3N2O/c1-5(12)6-2-7(11(14)8(13)3-6)9-4-10(15)16-17-9/h2-5H,1H3,(H2,15,16). The molecule has 2 rings (SSSR count). The van der Waals surface area contributed by atoms with E-state index in [1.54, 1.807) is 0 Å². The zero-order chi connectivity index (χ0) is 12.6. The second-order valence-corrected chi connectivity index (χ2v) is 3.60. The smallest absolute Gasteiger partial charge is 0.172 e. The van der Waals surface area contributed by atoms with Crippen LogP contribution in [0.25, 0.3) is 11.3 Å². The summed E-state index contributed by atoms with van der Waals surface area (Å²) in [5.41, 5.74) is 5.13. The maximum Gasteiger partial charge on any atom is 0.172 e. The molecule has 1 heterocycles. The van der Waals surface area contributed by atoms with Crippen LogP contribution >= 0.6 is 0 Å². The zero-order valence-corrected chi connectivity index (χ0v) is 8.88. The van der Waals surface area contributed by atoms with Crippen molar-refractivity contribution in [3.63, 3.8) is 0 Å². The molecule has 2 N–H and O–H groups in total. The number of aromatic nitrogens is 1. The lowest BCUT2D eigenvalue weighted by atomic mass is 10.0. The van der Waals surface area contributed by atoms with E-state index >= 15 is 0 Å². The summed E-state index contributed by atoms with van der Waals surface area (Å²) in [5, 5.41) is 3.36. The first kappa shape index (κ1) is 11.5. The molecule has 3 nitrogen and oxygen atoms in total. The molecule has 0 fully saturated rings. The first-order valence-electron chi connectivity index (χ1n) is 4.84. The summed E-state index contributed by atoms with van der Waals surface area (Å²) in [6.45, 7) is 1.23. The molecule has 0 saturated carbocycles. The maximum atomic E-state index is 13.5. The van der Waals surface area contributed by atoms with Crippen molar-refractivity contribution in [2.75, 3.05) is 5.73 Å². The first-order valence-corrected chi connectivity index (χ1v) is 4.84. The minimum absolute atomic E-state index is 0.0221. The molecule has 0 aliphatic heterocycles. The highest BCUT2D eigenvalue weighted by Gasteiger charge is 2.18. The van der Waals surface area contributed by atoms with Crippen LogP contribution in [0.1, 0.15) is 18.7 Å². The van der Waals surface area contributed by atoms with Gasteiger partial charge in [0.1, 0.15) is 6.17 Å². The van der Waals surface area contributed by atoms with Crippen LogP contribution in [0, 0.1) is 11.6 Å². The lowest BCUT2D eigenvalue weighted by molar-refractivity contribution is 0.371. The maximum absolute atomic E-state index is 13.5. The fourth-order valence-corrected chi connectivity index (χ4v) is 1.43. The second kappa shape index (κ2) is 4.12. The Bertz CT molecular complexity index is 552. The van der Waals surface area contributed by atoms with Crippen molar-refractivity contribution in [2.24, 2.45) is 0 Å². The topological polar surface area (TPSA) is 52.0 Å². The third-order valence-electron chi connectivity index (χ3n) is 2.30. The summed E-state index contributed by atoms with van der Waals surface area (Å²) in [7, 11) is 0. The van der Waals surface area contributed by atoms with Crippen molar-refractivity contribution >= 4 is 5.82 Å². The van der Waals surface area contributed by atoms with Crippen molar-refractivity contribution in [3.05, 3.63) is 35.4 Å². The van der Waals surface area contributed by atoms with E-state index in [9.17, 15) is 13.2 Å². The van der Waals surface area contributed by atoms with Gasteiger partial charge in [-0.25, -0.2) is 13.2 Å². The molecule has 6 heteroatoms. The van der Waals surface area contributed by atoms with Gasteiger partial charge in [-0.3, -0.25) is 0 Å². The van der Waals surface area contributed by atoms with E-state index in [0.29, 0.717) is 0 Å². The Morgan fingerprint density at radius 2 is 2.00 bits per heavy atom. The number of nitrogens with two attached hydrogens (primary N) is 1. The van der Waals surface area contributed by atoms with Gasteiger partial charge in [0.15, 0.2) is 23.2 Å². The molecule has 0 aliphatic carbocycles. The lowest BCUT2D eigenvalue weighted by Gasteiger charge is -2.06. The highest BCUT2D eigenvalue weighted by molar-refractivity contribution is 5.62. The largest absolute Gasteiger partial charge is 0.381 e.